The number of rotatable bonds is 11. The lowest BCUT2D eigenvalue weighted by atomic mass is 10.2. The molecule has 9 heteroatoms. The molecule has 4 rings (SSSR count). The molecule has 0 aromatic heterocycles. The van der Waals surface area contributed by atoms with Crippen LogP contribution in [0.3, 0.4) is 0 Å². The summed E-state index contributed by atoms with van der Waals surface area (Å²) in [6.45, 7) is 1.35. The first-order valence-electron chi connectivity index (χ1n) is 10.7. The molecule has 0 saturated carbocycles. The van der Waals surface area contributed by atoms with Gasteiger partial charge in [-0.15, -0.1) is 0 Å². The minimum absolute atomic E-state index is 0.123. The standard InChI is InChI=1S/C24H27NO8/c26-20-21(27)23(28)33-22(20)18-15-29-19(32-18)11-12-25-24(30-13-16-7-3-1-4-8-16)31-14-17-9-5-2-6-10-17/h1-10,18-19,22,24-27H,11-15H2/t18-,19?,22?/m0/s1. The molecule has 3 atom stereocenters. The molecule has 2 aromatic carbocycles. The molecule has 3 N–H and O–H groups in total. The minimum atomic E-state index is -1.06. The Balaban J connectivity index is 1.25. The van der Waals surface area contributed by atoms with Crippen LogP contribution in [0.1, 0.15) is 17.5 Å². The van der Waals surface area contributed by atoms with Crippen LogP contribution in [0.5, 0.6) is 0 Å². The summed E-state index contributed by atoms with van der Waals surface area (Å²) < 4.78 is 28.1. The van der Waals surface area contributed by atoms with Crippen molar-refractivity contribution in [1.82, 2.24) is 5.32 Å². The van der Waals surface area contributed by atoms with Crippen molar-refractivity contribution in [3.05, 3.63) is 83.3 Å². The molecular weight excluding hydrogens is 430 g/mol. The quantitative estimate of drug-likeness (QED) is 0.346. The number of hydrogen-bond donors (Lipinski definition) is 3. The summed E-state index contributed by atoms with van der Waals surface area (Å²) in [6, 6.07) is 19.6. The van der Waals surface area contributed by atoms with E-state index in [1.165, 1.54) is 0 Å². The van der Waals surface area contributed by atoms with Gasteiger partial charge in [0, 0.05) is 13.0 Å². The summed E-state index contributed by atoms with van der Waals surface area (Å²) in [6.07, 6.45) is -2.51. The van der Waals surface area contributed by atoms with E-state index in [0.717, 1.165) is 11.1 Å². The fourth-order valence-electron chi connectivity index (χ4n) is 3.48. The lowest BCUT2D eigenvalue weighted by Gasteiger charge is -2.21. The molecule has 1 saturated heterocycles. The molecule has 0 spiro atoms. The highest BCUT2D eigenvalue weighted by Crippen LogP contribution is 2.28. The van der Waals surface area contributed by atoms with Gasteiger partial charge in [-0.1, -0.05) is 60.7 Å². The predicted octanol–water partition coefficient (Wildman–Crippen LogP) is 2.68. The summed E-state index contributed by atoms with van der Waals surface area (Å²) in [5.41, 5.74) is 2.06. The topological polar surface area (TPSA) is 116 Å². The van der Waals surface area contributed by atoms with Crippen molar-refractivity contribution in [2.45, 2.75) is 44.5 Å². The van der Waals surface area contributed by atoms with Crippen LogP contribution in [0, 0.1) is 0 Å². The molecule has 2 aromatic rings. The summed E-state index contributed by atoms with van der Waals surface area (Å²) >= 11 is 0. The van der Waals surface area contributed by atoms with Crippen LogP contribution in [0.4, 0.5) is 0 Å². The number of benzene rings is 2. The van der Waals surface area contributed by atoms with Crippen molar-refractivity contribution in [3.63, 3.8) is 0 Å². The Hall–Kier alpha value is -2.95. The number of esters is 1. The Morgan fingerprint density at radius 2 is 1.58 bits per heavy atom. The first-order valence-corrected chi connectivity index (χ1v) is 10.7. The maximum absolute atomic E-state index is 11.4. The van der Waals surface area contributed by atoms with Gasteiger partial charge in [0.1, 0.15) is 6.10 Å². The predicted molar refractivity (Wildman–Crippen MR) is 116 cm³/mol. The Kier molecular flexibility index (Phi) is 7.92. The van der Waals surface area contributed by atoms with Gasteiger partial charge in [0.2, 0.25) is 12.2 Å². The van der Waals surface area contributed by atoms with Crippen molar-refractivity contribution in [3.8, 4) is 0 Å². The molecule has 176 valence electrons. The van der Waals surface area contributed by atoms with Crippen LogP contribution in [-0.2, 0) is 41.7 Å². The van der Waals surface area contributed by atoms with Crippen LogP contribution in [0.15, 0.2) is 72.2 Å². The molecule has 0 bridgehead atoms. The van der Waals surface area contributed by atoms with E-state index in [1.807, 2.05) is 60.7 Å². The number of carbonyl (C=O) groups excluding carboxylic acids is 1. The molecule has 9 nitrogen and oxygen atoms in total. The highest BCUT2D eigenvalue weighted by atomic mass is 16.7. The third kappa shape index (κ3) is 6.31. The second-order valence-electron chi connectivity index (χ2n) is 7.67. The summed E-state index contributed by atoms with van der Waals surface area (Å²) in [5.74, 6) is -2.29. The zero-order chi connectivity index (χ0) is 23.0. The first-order chi connectivity index (χ1) is 16.1. The first kappa shape index (κ1) is 23.2. The SMILES string of the molecule is O=C1OC([C@@H]2COC(CCNC(OCc3ccccc3)OCc3ccccc3)O2)C(O)=C1O. The lowest BCUT2D eigenvalue weighted by molar-refractivity contribution is -0.176. The molecule has 2 aliphatic heterocycles. The number of hydrogen-bond acceptors (Lipinski definition) is 9. The maximum Gasteiger partial charge on any atom is 0.377 e. The molecule has 2 unspecified atom stereocenters. The average molecular weight is 457 g/mol. The Morgan fingerprint density at radius 1 is 0.970 bits per heavy atom. The van der Waals surface area contributed by atoms with E-state index in [-0.39, 0.29) is 6.61 Å². The fraction of sp³-hybridized carbons (Fsp3) is 0.375. The van der Waals surface area contributed by atoms with Gasteiger partial charge in [-0.05, 0) is 11.1 Å². The second-order valence-corrected chi connectivity index (χ2v) is 7.67. The van der Waals surface area contributed by atoms with Crippen molar-refractivity contribution in [2.24, 2.45) is 0 Å². The normalized spacial score (nSPS) is 22.8. The zero-order valence-electron chi connectivity index (χ0n) is 18.0. The number of carbonyl (C=O) groups is 1. The van der Waals surface area contributed by atoms with Crippen molar-refractivity contribution < 1.29 is 38.7 Å². The highest BCUT2D eigenvalue weighted by molar-refractivity contribution is 5.89. The molecular formula is C24H27NO8. The maximum atomic E-state index is 11.4. The van der Waals surface area contributed by atoms with Gasteiger partial charge in [-0.2, -0.15) is 0 Å². The van der Waals surface area contributed by atoms with Crippen LogP contribution in [0.25, 0.3) is 0 Å². The van der Waals surface area contributed by atoms with Crippen LogP contribution < -0.4 is 5.32 Å². The van der Waals surface area contributed by atoms with E-state index >= 15 is 0 Å². The average Bonchev–Trinajstić information content (AvgIpc) is 3.41. The summed E-state index contributed by atoms with van der Waals surface area (Å²) in [4.78, 5) is 11.4. The second kappa shape index (κ2) is 11.3. The van der Waals surface area contributed by atoms with Crippen molar-refractivity contribution in [2.75, 3.05) is 13.2 Å². The molecule has 0 radical (unpaired) electrons. The van der Waals surface area contributed by atoms with E-state index in [9.17, 15) is 15.0 Å². The van der Waals surface area contributed by atoms with E-state index in [4.69, 9.17) is 23.7 Å². The van der Waals surface area contributed by atoms with Crippen LogP contribution in [-0.4, -0.2) is 54.2 Å². The van der Waals surface area contributed by atoms with Gasteiger partial charge < -0.3 is 33.9 Å². The number of aliphatic hydroxyl groups is 2. The fourth-order valence-corrected chi connectivity index (χ4v) is 3.48. The molecule has 0 amide bonds. The van der Waals surface area contributed by atoms with E-state index in [1.54, 1.807) is 0 Å². The number of nitrogens with one attached hydrogen (secondary N) is 1. The van der Waals surface area contributed by atoms with Crippen LogP contribution in [0.2, 0.25) is 0 Å². The van der Waals surface area contributed by atoms with E-state index in [2.05, 4.69) is 5.32 Å². The highest BCUT2D eigenvalue weighted by Gasteiger charge is 2.44. The summed E-state index contributed by atoms with van der Waals surface area (Å²) in [7, 11) is 0. The number of aliphatic hydroxyl groups excluding tert-OH is 2. The minimum Gasteiger partial charge on any atom is -0.505 e. The van der Waals surface area contributed by atoms with Gasteiger partial charge in [0.05, 0.1) is 19.8 Å². The van der Waals surface area contributed by atoms with Gasteiger partial charge in [0.15, 0.2) is 18.2 Å². The third-order valence-electron chi connectivity index (χ3n) is 5.23. The molecule has 1 fully saturated rings. The van der Waals surface area contributed by atoms with E-state index in [0.29, 0.717) is 26.2 Å². The smallest absolute Gasteiger partial charge is 0.377 e. The van der Waals surface area contributed by atoms with Gasteiger partial charge in [-0.3, -0.25) is 5.32 Å². The largest absolute Gasteiger partial charge is 0.505 e. The third-order valence-corrected chi connectivity index (χ3v) is 5.23. The summed E-state index contributed by atoms with van der Waals surface area (Å²) in [5, 5.41) is 22.5. The Bertz CT molecular complexity index is 892. The van der Waals surface area contributed by atoms with Gasteiger partial charge in [-0.25, -0.2) is 4.79 Å². The van der Waals surface area contributed by atoms with Gasteiger partial charge >= 0.3 is 5.97 Å². The van der Waals surface area contributed by atoms with Gasteiger partial charge in [0.25, 0.3) is 0 Å². The molecule has 33 heavy (non-hydrogen) atoms. The molecule has 2 aliphatic rings. The lowest BCUT2D eigenvalue weighted by Crippen LogP contribution is -2.36. The Morgan fingerprint density at radius 3 is 2.12 bits per heavy atom. The zero-order valence-corrected chi connectivity index (χ0v) is 18.0. The number of cyclic esters (lactones) is 1. The van der Waals surface area contributed by atoms with Crippen LogP contribution >= 0.6 is 0 Å². The number of ether oxygens (including phenoxy) is 5. The molecule has 0 aliphatic carbocycles. The monoisotopic (exact) mass is 457 g/mol. The Labute approximate surface area is 191 Å². The van der Waals surface area contributed by atoms with Crippen molar-refractivity contribution >= 4 is 5.97 Å². The van der Waals surface area contributed by atoms with E-state index < -0.39 is 42.4 Å². The molecule has 2 heterocycles. The van der Waals surface area contributed by atoms with Crippen molar-refractivity contribution in [1.29, 1.82) is 0 Å².